The lowest BCUT2D eigenvalue weighted by Crippen LogP contribution is -2.12. The highest BCUT2D eigenvalue weighted by Gasteiger charge is 2.17. The first-order valence-corrected chi connectivity index (χ1v) is 7.95. The van der Waals surface area contributed by atoms with Gasteiger partial charge in [0, 0.05) is 5.38 Å². The Morgan fingerprint density at radius 2 is 2.16 bits per heavy atom. The van der Waals surface area contributed by atoms with Crippen molar-refractivity contribution in [3.63, 3.8) is 0 Å². The van der Waals surface area contributed by atoms with Crippen LogP contribution in [-0.4, -0.2) is 20.5 Å². The molecule has 19 heavy (non-hydrogen) atoms. The number of thiazole rings is 1. The predicted molar refractivity (Wildman–Crippen MR) is 75.7 cm³/mol. The molecular formula is C11H11ClN2O3S2. The standard InChI is InChI=1S/C11H11ClN2O3S2/c1-7-6-18-11(13-7)14-19(15,16)8-3-4-10(17-2)9(12)5-8/h3-6H,1-2H3,(H,13,14). The number of anilines is 1. The first kappa shape index (κ1) is 14.1. The minimum absolute atomic E-state index is 0.0613. The van der Waals surface area contributed by atoms with Gasteiger partial charge in [-0.05, 0) is 25.1 Å². The van der Waals surface area contributed by atoms with Crippen molar-refractivity contribution in [1.29, 1.82) is 0 Å². The Morgan fingerprint density at radius 1 is 1.42 bits per heavy atom. The van der Waals surface area contributed by atoms with Crippen LogP contribution < -0.4 is 9.46 Å². The Hall–Kier alpha value is -1.31. The molecule has 0 bridgehead atoms. The number of benzene rings is 1. The Morgan fingerprint density at radius 3 is 2.68 bits per heavy atom. The van der Waals surface area contributed by atoms with E-state index >= 15 is 0 Å². The minimum Gasteiger partial charge on any atom is -0.495 e. The minimum atomic E-state index is -3.69. The Balaban J connectivity index is 2.31. The highest BCUT2D eigenvalue weighted by Crippen LogP contribution is 2.28. The number of halogens is 1. The molecule has 0 saturated heterocycles. The third kappa shape index (κ3) is 3.17. The van der Waals surface area contributed by atoms with E-state index in [0.717, 1.165) is 5.69 Å². The zero-order valence-electron chi connectivity index (χ0n) is 10.2. The van der Waals surface area contributed by atoms with Crippen LogP contribution in [0.1, 0.15) is 5.69 Å². The number of rotatable bonds is 4. The van der Waals surface area contributed by atoms with Gasteiger partial charge in [0.15, 0.2) is 5.13 Å². The van der Waals surface area contributed by atoms with Gasteiger partial charge in [-0.15, -0.1) is 11.3 Å². The number of nitrogens with zero attached hydrogens (tertiary/aromatic N) is 1. The van der Waals surface area contributed by atoms with E-state index in [0.29, 0.717) is 10.9 Å². The topological polar surface area (TPSA) is 68.3 Å². The molecule has 1 aromatic carbocycles. The van der Waals surface area contributed by atoms with Crippen molar-refractivity contribution in [2.24, 2.45) is 0 Å². The van der Waals surface area contributed by atoms with E-state index in [2.05, 4.69) is 9.71 Å². The second kappa shape index (κ2) is 5.36. The van der Waals surface area contributed by atoms with Crippen LogP contribution in [0.5, 0.6) is 5.75 Å². The third-order valence-electron chi connectivity index (χ3n) is 2.27. The van der Waals surface area contributed by atoms with Gasteiger partial charge < -0.3 is 4.74 Å². The fraction of sp³-hybridized carbons (Fsp3) is 0.182. The van der Waals surface area contributed by atoms with Crippen molar-refractivity contribution < 1.29 is 13.2 Å². The fourth-order valence-corrected chi connectivity index (χ4v) is 3.68. The average Bonchev–Trinajstić information content (AvgIpc) is 2.73. The monoisotopic (exact) mass is 318 g/mol. The van der Waals surface area contributed by atoms with E-state index in [9.17, 15) is 8.42 Å². The van der Waals surface area contributed by atoms with Crippen molar-refractivity contribution in [1.82, 2.24) is 4.98 Å². The highest BCUT2D eigenvalue weighted by molar-refractivity contribution is 7.93. The van der Waals surface area contributed by atoms with E-state index in [1.54, 1.807) is 12.3 Å². The molecule has 0 radical (unpaired) electrons. The lowest BCUT2D eigenvalue weighted by atomic mass is 10.3. The molecule has 2 rings (SSSR count). The van der Waals surface area contributed by atoms with Crippen LogP contribution in [0.15, 0.2) is 28.5 Å². The van der Waals surface area contributed by atoms with Gasteiger partial charge in [0.25, 0.3) is 10.0 Å². The molecule has 0 amide bonds. The highest BCUT2D eigenvalue weighted by atomic mass is 35.5. The summed E-state index contributed by atoms with van der Waals surface area (Å²) in [6.07, 6.45) is 0. The number of aromatic nitrogens is 1. The molecule has 0 aliphatic rings. The summed E-state index contributed by atoms with van der Waals surface area (Å²) in [7, 11) is -2.23. The van der Waals surface area contributed by atoms with E-state index in [1.807, 2.05) is 0 Å². The molecule has 102 valence electrons. The van der Waals surface area contributed by atoms with Crippen LogP contribution in [0.4, 0.5) is 5.13 Å². The summed E-state index contributed by atoms with van der Waals surface area (Å²) in [4.78, 5) is 4.11. The number of hydrogen-bond donors (Lipinski definition) is 1. The number of hydrogen-bond acceptors (Lipinski definition) is 5. The van der Waals surface area contributed by atoms with Gasteiger partial charge in [0.2, 0.25) is 0 Å². The van der Waals surface area contributed by atoms with E-state index in [4.69, 9.17) is 16.3 Å². The summed E-state index contributed by atoms with van der Waals surface area (Å²) >= 11 is 7.14. The van der Waals surface area contributed by atoms with E-state index in [1.165, 1.54) is 36.6 Å². The zero-order valence-corrected chi connectivity index (χ0v) is 12.6. The predicted octanol–water partition coefficient (Wildman–Crippen LogP) is 2.91. The molecule has 0 saturated carbocycles. The molecule has 0 aliphatic carbocycles. The summed E-state index contributed by atoms with van der Waals surface area (Å²) in [5, 5.41) is 2.32. The second-order valence-corrected chi connectivity index (χ2v) is 6.64. The number of nitrogens with one attached hydrogen (secondary N) is 1. The van der Waals surface area contributed by atoms with Gasteiger partial charge in [-0.3, -0.25) is 4.72 Å². The molecule has 0 spiro atoms. The zero-order chi connectivity index (χ0) is 14.0. The van der Waals surface area contributed by atoms with Crippen LogP contribution in [0.25, 0.3) is 0 Å². The molecule has 5 nitrogen and oxygen atoms in total. The van der Waals surface area contributed by atoms with Crippen LogP contribution in [0.3, 0.4) is 0 Å². The molecule has 8 heteroatoms. The summed E-state index contributed by atoms with van der Waals surface area (Å²) in [5.74, 6) is 0.422. The Bertz CT molecular complexity index is 698. The SMILES string of the molecule is COc1ccc(S(=O)(=O)Nc2nc(C)cs2)cc1Cl. The molecule has 1 N–H and O–H groups in total. The fourth-order valence-electron chi connectivity index (χ4n) is 1.39. The Labute approximate surface area is 120 Å². The van der Waals surface area contributed by atoms with Crippen LogP contribution in [-0.2, 0) is 10.0 Å². The van der Waals surface area contributed by atoms with E-state index in [-0.39, 0.29) is 9.92 Å². The number of aryl methyl sites for hydroxylation is 1. The molecular weight excluding hydrogens is 308 g/mol. The summed E-state index contributed by atoms with van der Waals surface area (Å²) in [6, 6.07) is 4.26. The van der Waals surface area contributed by atoms with Crippen molar-refractivity contribution in [2.75, 3.05) is 11.8 Å². The summed E-state index contributed by atoms with van der Waals surface area (Å²) < 4.78 is 31.6. The maximum Gasteiger partial charge on any atom is 0.263 e. The van der Waals surface area contributed by atoms with Crippen molar-refractivity contribution in [3.05, 3.63) is 34.3 Å². The molecule has 0 aliphatic heterocycles. The molecule has 0 unspecified atom stereocenters. The van der Waals surface area contributed by atoms with Gasteiger partial charge >= 0.3 is 0 Å². The van der Waals surface area contributed by atoms with Gasteiger partial charge in [0.05, 0.1) is 22.7 Å². The number of ether oxygens (including phenoxy) is 1. The third-order valence-corrected chi connectivity index (χ3v) is 4.91. The molecule has 0 atom stereocenters. The second-order valence-electron chi connectivity index (χ2n) is 3.70. The van der Waals surface area contributed by atoms with Gasteiger partial charge in [-0.25, -0.2) is 13.4 Å². The lowest BCUT2D eigenvalue weighted by molar-refractivity contribution is 0.414. The molecule has 2 aromatic rings. The largest absolute Gasteiger partial charge is 0.495 e. The maximum absolute atomic E-state index is 12.1. The summed E-state index contributed by atoms with van der Waals surface area (Å²) in [6.45, 7) is 1.79. The van der Waals surface area contributed by atoms with Gasteiger partial charge in [-0.1, -0.05) is 11.6 Å². The normalized spacial score (nSPS) is 11.3. The van der Waals surface area contributed by atoms with Crippen LogP contribution in [0.2, 0.25) is 5.02 Å². The Kier molecular flexibility index (Phi) is 3.98. The van der Waals surface area contributed by atoms with E-state index < -0.39 is 10.0 Å². The molecule has 1 aromatic heterocycles. The van der Waals surface area contributed by atoms with Gasteiger partial charge in [-0.2, -0.15) is 0 Å². The van der Waals surface area contributed by atoms with Crippen molar-refractivity contribution >= 4 is 38.1 Å². The lowest BCUT2D eigenvalue weighted by Gasteiger charge is -2.07. The molecule has 1 heterocycles. The first-order valence-electron chi connectivity index (χ1n) is 5.21. The van der Waals surface area contributed by atoms with Crippen LogP contribution >= 0.6 is 22.9 Å². The maximum atomic E-state index is 12.1. The summed E-state index contributed by atoms with van der Waals surface area (Å²) in [5.41, 5.74) is 0.760. The number of sulfonamides is 1. The molecule has 0 fully saturated rings. The number of methoxy groups -OCH3 is 1. The quantitative estimate of drug-likeness (QED) is 0.941. The van der Waals surface area contributed by atoms with Gasteiger partial charge in [0.1, 0.15) is 5.75 Å². The average molecular weight is 319 g/mol. The van der Waals surface area contributed by atoms with Crippen molar-refractivity contribution in [2.45, 2.75) is 11.8 Å². The van der Waals surface area contributed by atoms with Crippen molar-refractivity contribution in [3.8, 4) is 5.75 Å². The van der Waals surface area contributed by atoms with Crippen LogP contribution in [0, 0.1) is 6.92 Å². The smallest absolute Gasteiger partial charge is 0.263 e. The first-order chi connectivity index (χ1) is 8.92.